The molecule has 3 rings (SSSR count). The first kappa shape index (κ1) is 21.9. The maximum Gasteiger partial charge on any atom is 0.338 e. The molecule has 0 aliphatic carbocycles. The number of anilines is 2. The van der Waals surface area contributed by atoms with Crippen LogP contribution in [0, 0.1) is 23.0 Å². The minimum atomic E-state index is -0.599. The van der Waals surface area contributed by atoms with Gasteiger partial charge < -0.3 is 15.0 Å². The molecule has 1 fully saturated rings. The molecule has 1 N–H and O–H groups in total. The van der Waals surface area contributed by atoms with Gasteiger partial charge in [-0.1, -0.05) is 6.07 Å². The third-order valence-electron chi connectivity index (χ3n) is 4.93. The van der Waals surface area contributed by atoms with E-state index < -0.39 is 16.8 Å². The van der Waals surface area contributed by atoms with Gasteiger partial charge in [0.15, 0.2) is 0 Å². The van der Waals surface area contributed by atoms with Gasteiger partial charge in [0.1, 0.15) is 0 Å². The first-order valence-corrected chi connectivity index (χ1v) is 9.83. The molecular weight excluding hydrogens is 402 g/mol. The summed E-state index contributed by atoms with van der Waals surface area (Å²) in [7, 11) is 0. The number of nitrogens with zero attached hydrogens (tertiary/aromatic N) is 2. The molecule has 0 spiro atoms. The van der Waals surface area contributed by atoms with Crippen LogP contribution in [0.2, 0.25) is 0 Å². The molecular formula is C22H23N3O6. The second-order valence-corrected chi connectivity index (χ2v) is 7.65. The molecule has 0 aromatic heterocycles. The number of aryl methyl sites for hydroxylation is 1. The van der Waals surface area contributed by atoms with E-state index in [0.717, 1.165) is 0 Å². The summed E-state index contributed by atoms with van der Waals surface area (Å²) >= 11 is 0. The SMILES string of the molecule is Cc1ccc(N2C[C@@H](C(=O)Nc3ccc(C(=O)OC(C)C)cc3)CC2=O)cc1[N+](=O)[O-]. The number of esters is 1. The fraction of sp³-hybridized carbons (Fsp3) is 0.318. The van der Waals surface area contributed by atoms with Gasteiger partial charge in [-0.15, -0.1) is 0 Å². The third-order valence-corrected chi connectivity index (χ3v) is 4.93. The molecule has 9 nitrogen and oxygen atoms in total. The van der Waals surface area contributed by atoms with E-state index in [0.29, 0.717) is 22.5 Å². The first-order valence-electron chi connectivity index (χ1n) is 9.83. The van der Waals surface area contributed by atoms with Crippen LogP contribution in [0.1, 0.15) is 36.2 Å². The summed E-state index contributed by atoms with van der Waals surface area (Å²) in [5.74, 6) is -1.66. The second kappa shape index (κ2) is 8.95. The number of nitrogens with one attached hydrogen (secondary N) is 1. The Hall–Kier alpha value is -3.75. The molecule has 162 valence electrons. The molecule has 1 saturated heterocycles. The van der Waals surface area contributed by atoms with E-state index in [1.165, 1.54) is 11.0 Å². The number of nitro benzene ring substituents is 1. The predicted molar refractivity (Wildman–Crippen MR) is 114 cm³/mol. The molecule has 0 unspecified atom stereocenters. The number of rotatable bonds is 6. The Morgan fingerprint density at radius 2 is 1.87 bits per heavy atom. The van der Waals surface area contributed by atoms with Gasteiger partial charge in [-0.3, -0.25) is 19.7 Å². The zero-order valence-electron chi connectivity index (χ0n) is 17.5. The van der Waals surface area contributed by atoms with Crippen LogP contribution in [0.25, 0.3) is 0 Å². The lowest BCUT2D eigenvalue weighted by Crippen LogP contribution is -2.28. The van der Waals surface area contributed by atoms with Crippen molar-refractivity contribution in [3.8, 4) is 0 Å². The number of hydrogen-bond donors (Lipinski definition) is 1. The fourth-order valence-electron chi connectivity index (χ4n) is 3.31. The summed E-state index contributed by atoms with van der Waals surface area (Å²) in [6, 6.07) is 10.9. The lowest BCUT2D eigenvalue weighted by atomic mass is 10.1. The fourth-order valence-corrected chi connectivity index (χ4v) is 3.31. The molecule has 1 heterocycles. The molecule has 2 amide bonds. The van der Waals surface area contributed by atoms with E-state index in [1.54, 1.807) is 57.2 Å². The Labute approximate surface area is 179 Å². The van der Waals surface area contributed by atoms with E-state index in [-0.39, 0.29) is 36.6 Å². The highest BCUT2D eigenvalue weighted by Crippen LogP contribution is 2.30. The second-order valence-electron chi connectivity index (χ2n) is 7.65. The molecule has 1 atom stereocenters. The van der Waals surface area contributed by atoms with Gasteiger partial charge in [-0.2, -0.15) is 0 Å². The standard InChI is InChI=1S/C22H23N3O6/c1-13(2)31-22(28)15-5-7-17(8-6-15)23-21(27)16-10-20(26)24(12-16)18-9-4-14(3)19(11-18)25(29)30/h4-9,11,13,16H,10,12H2,1-3H3,(H,23,27)/t16-/m0/s1. The smallest absolute Gasteiger partial charge is 0.338 e. The van der Waals surface area contributed by atoms with Crippen molar-refractivity contribution in [3.05, 3.63) is 63.7 Å². The zero-order valence-corrected chi connectivity index (χ0v) is 17.5. The minimum Gasteiger partial charge on any atom is -0.459 e. The number of benzene rings is 2. The number of carbonyl (C=O) groups is 3. The van der Waals surface area contributed by atoms with Crippen molar-refractivity contribution in [2.24, 2.45) is 5.92 Å². The molecule has 2 aromatic rings. The van der Waals surface area contributed by atoms with Gasteiger partial charge in [-0.05, 0) is 51.1 Å². The summed E-state index contributed by atoms with van der Waals surface area (Å²) in [4.78, 5) is 49.0. The molecule has 0 radical (unpaired) electrons. The molecule has 0 saturated carbocycles. The number of nitro groups is 1. The van der Waals surface area contributed by atoms with E-state index in [4.69, 9.17) is 4.74 Å². The maximum absolute atomic E-state index is 12.6. The Balaban J connectivity index is 1.66. The lowest BCUT2D eigenvalue weighted by Gasteiger charge is -2.17. The van der Waals surface area contributed by atoms with E-state index in [1.807, 2.05) is 0 Å². The molecule has 0 bridgehead atoms. The predicted octanol–water partition coefficient (Wildman–Crippen LogP) is 3.46. The number of carbonyl (C=O) groups excluding carboxylic acids is 3. The van der Waals surface area contributed by atoms with Crippen molar-refractivity contribution in [3.63, 3.8) is 0 Å². The Morgan fingerprint density at radius 1 is 1.19 bits per heavy atom. The van der Waals surface area contributed by atoms with Crippen LogP contribution in [0.4, 0.5) is 17.1 Å². The maximum atomic E-state index is 12.6. The number of ether oxygens (including phenoxy) is 1. The average Bonchev–Trinajstić information content (AvgIpc) is 3.10. The summed E-state index contributed by atoms with van der Waals surface area (Å²) in [5.41, 5.74) is 1.67. The van der Waals surface area contributed by atoms with E-state index >= 15 is 0 Å². The summed E-state index contributed by atoms with van der Waals surface area (Å²) in [6.45, 7) is 5.27. The van der Waals surface area contributed by atoms with Crippen molar-refractivity contribution in [1.29, 1.82) is 0 Å². The minimum absolute atomic E-state index is 0.00626. The van der Waals surface area contributed by atoms with E-state index in [9.17, 15) is 24.5 Å². The topological polar surface area (TPSA) is 119 Å². The Bertz CT molecular complexity index is 1030. The van der Waals surface area contributed by atoms with Crippen LogP contribution >= 0.6 is 0 Å². The zero-order chi connectivity index (χ0) is 22.7. The molecule has 31 heavy (non-hydrogen) atoms. The van der Waals surface area contributed by atoms with Crippen LogP contribution in [0.3, 0.4) is 0 Å². The van der Waals surface area contributed by atoms with E-state index in [2.05, 4.69) is 5.32 Å². The van der Waals surface area contributed by atoms with Gasteiger partial charge in [0, 0.05) is 30.3 Å². The normalized spacial score (nSPS) is 15.8. The molecule has 2 aromatic carbocycles. The van der Waals surface area contributed by atoms with Crippen molar-refractivity contribution in [2.45, 2.75) is 33.3 Å². The van der Waals surface area contributed by atoms with Crippen LogP contribution in [-0.2, 0) is 14.3 Å². The highest BCUT2D eigenvalue weighted by atomic mass is 16.6. The summed E-state index contributed by atoms with van der Waals surface area (Å²) in [5, 5.41) is 13.9. The molecule has 9 heteroatoms. The monoisotopic (exact) mass is 425 g/mol. The van der Waals surface area contributed by atoms with Crippen LogP contribution < -0.4 is 10.2 Å². The quantitative estimate of drug-likeness (QED) is 0.430. The van der Waals surface area contributed by atoms with Crippen molar-refractivity contribution >= 4 is 34.8 Å². The Morgan fingerprint density at radius 3 is 2.48 bits per heavy atom. The number of hydrogen-bond acceptors (Lipinski definition) is 6. The highest BCUT2D eigenvalue weighted by Gasteiger charge is 2.35. The molecule has 1 aliphatic rings. The average molecular weight is 425 g/mol. The van der Waals surface area contributed by atoms with Gasteiger partial charge in [0.2, 0.25) is 11.8 Å². The van der Waals surface area contributed by atoms with Gasteiger partial charge >= 0.3 is 5.97 Å². The highest BCUT2D eigenvalue weighted by molar-refractivity contribution is 6.03. The number of amides is 2. The van der Waals surface area contributed by atoms with Crippen LogP contribution in [0.5, 0.6) is 0 Å². The lowest BCUT2D eigenvalue weighted by molar-refractivity contribution is -0.385. The van der Waals surface area contributed by atoms with Gasteiger partial charge in [0.05, 0.1) is 28.2 Å². The van der Waals surface area contributed by atoms with Gasteiger partial charge in [-0.25, -0.2) is 4.79 Å². The van der Waals surface area contributed by atoms with Crippen LogP contribution in [-0.4, -0.2) is 35.4 Å². The van der Waals surface area contributed by atoms with Crippen molar-refractivity contribution < 1.29 is 24.0 Å². The van der Waals surface area contributed by atoms with Crippen molar-refractivity contribution in [1.82, 2.24) is 0 Å². The van der Waals surface area contributed by atoms with Crippen molar-refractivity contribution in [2.75, 3.05) is 16.8 Å². The Kier molecular flexibility index (Phi) is 6.33. The third kappa shape index (κ3) is 5.06. The first-order chi connectivity index (χ1) is 14.7. The molecule has 1 aliphatic heterocycles. The summed E-state index contributed by atoms with van der Waals surface area (Å²) < 4.78 is 5.12. The summed E-state index contributed by atoms with van der Waals surface area (Å²) in [6.07, 6.45) is -0.226. The largest absolute Gasteiger partial charge is 0.459 e. The van der Waals surface area contributed by atoms with Gasteiger partial charge in [0.25, 0.3) is 5.69 Å². The van der Waals surface area contributed by atoms with Crippen LogP contribution in [0.15, 0.2) is 42.5 Å².